The fourth-order valence-corrected chi connectivity index (χ4v) is 3.96. The third-order valence-corrected chi connectivity index (χ3v) is 5.42. The van der Waals surface area contributed by atoms with Gasteiger partial charge in [-0.05, 0) is 52.4 Å². The van der Waals surface area contributed by atoms with Gasteiger partial charge in [0.05, 0.1) is 0 Å². The van der Waals surface area contributed by atoms with E-state index in [0.29, 0.717) is 25.4 Å². The molecule has 3 amide bonds. The van der Waals surface area contributed by atoms with Gasteiger partial charge in [-0.3, -0.25) is 9.59 Å². The van der Waals surface area contributed by atoms with Crippen LogP contribution in [0.5, 0.6) is 0 Å². The summed E-state index contributed by atoms with van der Waals surface area (Å²) in [7, 11) is 0. The molecule has 1 saturated heterocycles. The number of hydrogen-bond donors (Lipinski definition) is 2. The molecule has 0 aromatic carbocycles. The Morgan fingerprint density at radius 2 is 1.64 bits per heavy atom. The number of ether oxygens (including phenoxy) is 1. The first-order valence-corrected chi connectivity index (χ1v) is 10.8. The first-order valence-electron chi connectivity index (χ1n) is 10.8. The first-order chi connectivity index (χ1) is 13.2. The molecule has 7 heteroatoms. The maximum Gasteiger partial charge on any atom is 0.407 e. The van der Waals surface area contributed by atoms with E-state index in [4.69, 9.17) is 4.74 Å². The molecule has 0 aromatic heterocycles. The van der Waals surface area contributed by atoms with Crippen LogP contribution in [0, 0.1) is 5.92 Å². The van der Waals surface area contributed by atoms with Crippen LogP contribution < -0.4 is 10.6 Å². The van der Waals surface area contributed by atoms with Gasteiger partial charge >= 0.3 is 6.09 Å². The van der Waals surface area contributed by atoms with Gasteiger partial charge in [0.25, 0.3) is 0 Å². The van der Waals surface area contributed by atoms with Gasteiger partial charge in [-0.15, -0.1) is 0 Å². The van der Waals surface area contributed by atoms with Crippen LogP contribution in [0.4, 0.5) is 4.79 Å². The predicted molar refractivity (Wildman–Crippen MR) is 108 cm³/mol. The zero-order valence-electron chi connectivity index (χ0n) is 17.7. The van der Waals surface area contributed by atoms with Gasteiger partial charge in [-0.2, -0.15) is 0 Å². The number of nitrogens with one attached hydrogen (secondary N) is 2. The highest BCUT2D eigenvalue weighted by atomic mass is 16.6. The number of carbonyl (C=O) groups is 3. The van der Waals surface area contributed by atoms with Crippen LogP contribution in [0.2, 0.25) is 0 Å². The van der Waals surface area contributed by atoms with E-state index in [-0.39, 0.29) is 30.8 Å². The SMILES string of the molecule is CC(C)(C)OC(=O)NCCC(=O)N1CCC(NC(=O)CC2CCCCC2)CC1. The summed E-state index contributed by atoms with van der Waals surface area (Å²) in [5, 5.41) is 5.77. The van der Waals surface area contributed by atoms with E-state index in [1.807, 2.05) is 4.90 Å². The fourth-order valence-electron chi connectivity index (χ4n) is 3.96. The lowest BCUT2D eigenvalue weighted by molar-refractivity contribution is -0.132. The van der Waals surface area contributed by atoms with E-state index in [9.17, 15) is 14.4 Å². The molecule has 0 aromatic rings. The molecule has 0 unspecified atom stereocenters. The summed E-state index contributed by atoms with van der Waals surface area (Å²) in [6.07, 6.45) is 8.16. The highest BCUT2D eigenvalue weighted by Crippen LogP contribution is 2.26. The number of carbonyl (C=O) groups excluding carboxylic acids is 3. The van der Waals surface area contributed by atoms with Crippen molar-refractivity contribution in [2.75, 3.05) is 19.6 Å². The highest BCUT2D eigenvalue weighted by molar-refractivity contribution is 5.78. The van der Waals surface area contributed by atoms with Crippen LogP contribution in [0.3, 0.4) is 0 Å². The van der Waals surface area contributed by atoms with Crippen LogP contribution in [0.1, 0.15) is 78.6 Å². The molecule has 1 aliphatic carbocycles. The lowest BCUT2D eigenvalue weighted by Crippen LogP contribution is -2.47. The second-order valence-corrected chi connectivity index (χ2v) is 9.11. The Balaban J connectivity index is 1.59. The largest absolute Gasteiger partial charge is 0.444 e. The van der Waals surface area contributed by atoms with Crippen molar-refractivity contribution < 1.29 is 19.1 Å². The topological polar surface area (TPSA) is 87.7 Å². The third kappa shape index (κ3) is 8.48. The average molecular weight is 396 g/mol. The zero-order valence-corrected chi connectivity index (χ0v) is 17.7. The highest BCUT2D eigenvalue weighted by Gasteiger charge is 2.25. The lowest BCUT2D eigenvalue weighted by atomic mass is 9.86. The van der Waals surface area contributed by atoms with E-state index in [1.165, 1.54) is 32.1 Å². The van der Waals surface area contributed by atoms with Gasteiger partial charge in [0.15, 0.2) is 0 Å². The summed E-state index contributed by atoms with van der Waals surface area (Å²) in [6.45, 7) is 6.98. The van der Waals surface area contributed by atoms with Gasteiger partial charge in [-0.1, -0.05) is 19.3 Å². The number of nitrogens with zero attached hydrogens (tertiary/aromatic N) is 1. The second-order valence-electron chi connectivity index (χ2n) is 9.11. The van der Waals surface area contributed by atoms with E-state index in [2.05, 4.69) is 10.6 Å². The number of alkyl carbamates (subject to hydrolysis) is 1. The van der Waals surface area contributed by atoms with Crippen molar-refractivity contribution in [3.63, 3.8) is 0 Å². The lowest BCUT2D eigenvalue weighted by Gasteiger charge is -2.33. The molecule has 0 atom stereocenters. The van der Waals surface area contributed by atoms with Crippen LogP contribution in [0.25, 0.3) is 0 Å². The predicted octanol–water partition coefficient (Wildman–Crippen LogP) is 2.98. The first kappa shape index (κ1) is 22.5. The molecule has 2 aliphatic rings. The Morgan fingerprint density at radius 3 is 2.25 bits per heavy atom. The number of likely N-dealkylation sites (tertiary alicyclic amines) is 1. The normalized spacial score (nSPS) is 19.2. The van der Waals surface area contributed by atoms with Crippen LogP contribution in [-0.2, 0) is 14.3 Å². The Kier molecular flexibility index (Phi) is 8.58. The van der Waals surface area contributed by atoms with Gasteiger partial charge in [0.2, 0.25) is 11.8 Å². The standard InChI is InChI=1S/C21H37N3O4/c1-21(2,3)28-20(27)22-12-9-19(26)24-13-10-17(11-14-24)23-18(25)15-16-7-5-4-6-8-16/h16-17H,4-15H2,1-3H3,(H,22,27)(H,23,25). The molecule has 0 spiro atoms. The maximum atomic E-state index is 12.3. The Bertz CT molecular complexity index is 530. The molecule has 1 heterocycles. The molecule has 0 radical (unpaired) electrons. The van der Waals surface area contributed by atoms with Crippen molar-refractivity contribution in [2.24, 2.45) is 5.92 Å². The number of rotatable bonds is 6. The molecule has 0 bridgehead atoms. The Hall–Kier alpha value is -1.79. The summed E-state index contributed by atoms with van der Waals surface area (Å²) in [5.41, 5.74) is -0.544. The fraction of sp³-hybridized carbons (Fsp3) is 0.857. The number of hydrogen-bond acceptors (Lipinski definition) is 4. The molecule has 1 aliphatic heterocycles. The number of piperidine rings is 1. The van der Waals surface area contributed by atoms with Gasteiger partial charge in [-0.25, -0.2) is 4.79 Å². The molecule has 7 nitrogen and oxygen atoms in total. The Morgan fingerprint density at radius 1 is 1.00 bits per heavy atom. The summed E-state index contributed by atoms with van der Waals surface area (Å²) in [6, 6.07) is 0.167. The minimum atomic E-state index is -0.544. The molecule has 1 saturated carbocycles. The van der Waals surface area contributed by atoms with Crippen LogP contribution in [0.15, 0.2) is 0 Å². The van der Waals surface area contributed by atoms with Gasteiger partial charge < -0.3 is 20.3 Å². The van der Waals surface area contributed by atoms with Crippen LogP contribution >= 0.6 is 0 Å². The zero-order chi connectivity index (χ0) is 20.6. The maximum absolute atomic E-state index is 12.3. The molecule has 28 heavy (non-hydrogen) atoms. The van der Waals surface area contributed by atoms with E-state index >= 15 is 0 Å². The molecule has 2 rings (SSSR count). The van der Waals surface area contributed by atoms with E-state index in [1.54, 1.807) is 20.8 Å². The van der Waals surface area contributed by atoms with Crippen molar-refractivity contribution in [3.8, 4) is 0 Å². The third-order valence-electron chi connectivity index (χ3n) is 5.42. The quantitative estimate of drug-likeness (QED) is 0.724. The minimum Gasteiger partial charge on any atom is -0.444 e. The van der Waals surface area contributed by atoms with Crippen molar-refractivity contribution in [1.29, 1.82) is 0 Å². The van der Waals surface area contributed by atoms with Crippen molar-refractivity contribution >= 4 is 17.9 Å². The summed E-state index contributed by atoms with van der Waals surface area (Å²) >= 11 is 0. The van der Waals surface area contributed by atoms with E-state index in [0.717, 1.165) is 12.8 Å². The minimum absolute atomic E-state index is 0.0306. The van der Waals surface area contributed by atoms with Crippen LogP contribution in [-0.4, -0.2) is 54.1 Å². The molecule has 2 N–H and O–H groups in total. The molecule has 160 valence electrons. The van der Waals surface area contributed by atoms with Crippen molar-refractivity contribution in [3.05, 3.63) is 0 Å². The summed E-state index contributed by atoms with van der Waals surface area (Å²) < 4.78 is 5.16. The Labute approximate surface area is 168 Å². The number of amides is 3. The molecular weight excluding hydrogens is 358 g/mol. The smallest absolute Gasteiger partial charge is 0.407 e. The van der Waals surface area contributed by atoms with Gasteiger partial charge in [0, 0.05) is 38.5 Å². The van der Waals surface area contributed by atoms with E-state index < -0.39 is 11.7 Å². The van der Waals surface area contributed by atoms with Crippen molar-refractivity contribution in [1.82, 2.24) is 15.5 Å². The summed E-state index contributed by atoms with van der Waals surface area (Å²) in [5.74, 6) is 0.745. The van der Waals surface area contributed by atoms with Crippen molar-refractivity contribution in [2.45, 2.75) is 90.2 Å². The van der Waals surface area contributed by atoms with Gasteiger partial charge in [0.1, 0.15) is 5.60 Å². The molecule has 2 fully saturated rings. The average Bonchev–Trinajstić information content (AvgIpc) is 2.61. The summed E-state index contributed by atoms with van der Waals surface area (Å²) in [4.78, 5) is 38.0. The monoisotopic (exact) mass is 395 g/mol. The molecular formula is C21H37N3O4. The second kappa shape index (κ2) is 10.7.